The lowest BCUT2D eigenvalue weighted by atomic mass is 9.98. The number of methoxy groups -OCH3 is 1. The molecule has 4 heteroatoms. The van der Waals surface area contributed by atoms with Crippen LogP contribution in [0.5, 0.6) is 5.75 Å². The van der Waals surface area contributed by atoms with E-state index in [2.05, 4.69) is 24.0 Å². The van der Waals surface area contributed by atoms with Crippen LogP contribution in [0.25, 0.3) is 11.3 Å². The first kappa shape index (κ1) is 11.5. The maximum Gasteiger partial charge on any atom is 0.264 e. The quantitative estimate of drug-likeness (QED) is 0.854. The number of benzene rings is 1. The van der Waals surface area contributed by atoms with E-state index in [0.717, 1.165) is 22.6 Å². The largest absolute Gasteiger partial charge is 0.496 e. The van der Waals surface area contributed by atoms with E-state index < -0.39 is 0 Å². The van der Waals surface area contributed by atoms with Crippen LogP contribution in [0.2, 0.25) is 0 Å². The molecular formula is C13H16N2O2. The molecule has 2 aromatic rings. The molecule has 1 heterocycles. The summed E-state index contributed by atoms with van der Waals surface area (Å²) in [4.78, 5) is 11.1. The smallest absolute Gasteiger partial charge is 0.264 e. The van der Waals surface area contributed by atoms with Crippen molar-refractivity contribution in [2.24, 2.45) is 0 Å². The van der Waals surface area contributed by atoms with Gasteiger partial charge in [0.1, 0.15) is 5.75 Å². The van der Waals surface area contributed by atoms with Gasteiger partial charge in [0.05, 0.1) is 12.8 Å². The third-order valence-corrected chi connectivity index (χ3v) is 2.76. The SMILES string of the molecule is COc1ccc(-c2cc(=O)[nH][nH]2)cc1C(C)C. The predicted molar refractivity (Wildman–Crippen MR) is 67.5 cm³/mol. The molecule has 2 N–H and O–H groups in total. The van der Waals surface area contributed by atoms with Gasteiger partial charge < -0.3 is 4.74 Å². The topological polar surface area (TPSA) is 57.9 Å². The molecule has 4 nitrogen and oxygen atoms in total. The van der Waals surface area contributed by atoms with E-state index in [9.17, 15) is 4.79 Å². The molecule has 1 aromatic heterocycles. The average Bonchev–Trinajstić information content (AvgIpc) is 2.75. The van der Waals surface area contributed by atoms with Crippen LogP contribution >= 0.6 is 0 Å². The molecule has 0 unspecified atom stereocenters. The molecule has 0 amide bonds. The number of hydrogen-bond acceptors (Lipinski definition) is 2. The molecule has 0 aliphatic heterocycles. The molecule has 90 valence electrons. The molecular weight excluding hydrogens is 216 g/mol. The zero-order valence-corrected chi connectivity index (χ0v) is 10.2. The van der Waals surface area contributed by atoms with Gasteiger partial charge in [-0.2, -0.15) is 0 Å². The fraction of sp³-hybridized carbons (Fsp3) is 0.308. The highest BCUT2D eigenvalue weighted by atomic mass is 16.5. The number of ether oxygens (including phenoxy) is 1. The summed E-state index contributed by atoms with van der Waals surface area (Å²) < 4.78 is 5.32. The normalized spacial score (nSPS) is 10.8. The minimum atomic E-state index is -0.123. The van der Waals surface area contributed by atoms with Gasteiger partial charge in [-0.05, 0) is 29.7 Å². The van der Waals surface area contributed by atoms with Crippen LogP contribution in [0, 0.1) is 0 Å². The maximum absolute atomic E-state index is 11.1. The Morgan fingerprint density at radius 2 is 1.94 bits per heavy atom. The van der Waals surface area contributed by atoms with Crippen LogP contribution in [-0.2, 0) is 0 Å². The summed E-state index contributed by atoms with van der Waals surface area (Å²) >= 11 is 0. The maximum atomic E-state index is 11.1. The Balaban J connectivity index is 2.50. The number of hydrogen-bond donors (Lipinski definition) is 2. The van der Waals surface area contributed by atoms with Gasteiger partial charge in [0.2, 0.25) is 0 Å². The van der Waals surface area contributed by atoms with Gasteiger partial charge in [-0.1, -0.05) is 13.8 Å². The Morgan fingerprint density at radius 3 is 2.47 bits per heavy atom. The van der Waals surface area contributed by atoms with Crippen molar-refractivity contribution in [3.05, 3.63) is 40.2 Å². The number of rotatable bonds is 3. The van der Waals surface area contributed by atoms with Crippen LogP contribution < -0.4 is 10.3 Å². The van der Waals surface area contributed by atoms with E-state index >= 15 is 0 Å². The third kappa shape index (κ3) is 2.25. The molecule has 0 bridgehead atoms. The third-order valence-electron chi connectivity index (χ3n) is 2.76. The molecule has 0 radical (unpaired) electrons. The van der Waals surface area contributed by atoms with Crippen LogP contribution in [0.4, 0.5) is 0 Å². The Labute approximate surface area is 99.6 Å². The highest BCUT2D eigenvalue weighted by molar-refractivity contribution is 5.62. The summed E-state index contributed by atoms with van der Waals surface area (Å²) in [6.07, 6.45) is 0. The summed E-state index contributed by atoms with van der Waals surface area (Å²) in [5.74, 6) is 1.25. The van der Waals surface area contributed by atoms with Crippen molar-refractivity contribution < 1.29 is 4.74 Å². The second-order valence-electron chi connectivity index (χ2n) is 4.28. The van der Waals surface area contributed by atoms with Crippen LogP contribution in [0.3, 0.4) is 0 Å². The van der Waals surface area contributed by atoms with Gasteiger partial charge in [0, 0.05) is 11.6 Å². The Hall–Kier alpha value is -1.97. The summed E-state index contributed by atoms with van der Waals surface area (Å²) in [5, 5.41) is 5.38. The van der Waals surface area contributed by atoms with Gasteiger partial charge >= 0.3 is 0 Å². The zero-order valence-electron chi connectivity index (χ0n) is 10.2. The average molecular weight is 232 g/mol. The molecule has 0 atom stereocenters. The Bertz CT molecular complexity index is 567. The van der Waals surface area contributed by atoms with E-state index in [1.807, 2.05) is 18.2 Å². The molecule has 0 fully saturated rings. The van der Waals surface area contributed by atoms with Crippen molar-refractivity contribution >= 4 is 0 Å². The van der Waals surface area contributed by atoms with E-state index in [4.69, 9.17) is 4.74 Å². The highest BCUT2D eigenvalue weighted by Crippen LogP contribution is 2.30. The van der Waals surface area contributed by atoms with E-state index in [1.165, 1.54) is 0 Å². The number of aromatic amines is 2. The van der Waals surface area contributed by atoms with Gasteiger partial charge in [-0.25, -0.2) is 0 Å². The van der Waals surface area contributed by atoms with Crippen molar-refractivity contribution in [1.82, 2.24) is 10.2 Å². The van der Waals surface area contributed by atoms with Crippen LogP contribution in [0.15, 0.2) is 29.1 Å². The van der Waals surface area contributed by atoms with Crippen LogP contribution in [0.1, 0.15) is 25.3 Å². The van der Waals surface area contributed by atoms with E-state index in [1.54, 1.807) is 13.2 Å². The molecule has 0 saturated heterocycles. The lowest BCUT2D eigenvalue weighted by Crippen LogP contribution is -1.95. The summed E-state index contributed by atoms with van der Waals surface area (Å²) in [5.41, 5.74) is 2.78. The minimum absolute atomic E-state index is 0.123. The lowest BCUT2D eigenvalue weighted by molar-refractivity contribution is 0.407. The summed E-state index contributed by atoms with van der Waals surface area (Å²) in [6.45, 7) is 4.23. The number of aromatic nitrogens is 2. The first-order valence-corrected chi connectivity index (χ1v) is 5.58. The second kappa shape index (κ2) is 4.49. The van der Waals surface area contributed by atoms with Gasteiger partial charge in [-0.3, -0.25) is 15.0 Å². The fourth-order valence-corrected chi connectivity index (χ4v) is 1.84. The standard InChI is InChI=1S/C13H16N2O2/c1-8(2)10-6-9(4-5-12(10)17-3)11-7-13(16)15-14-11/h4-8H,1-3H3,(H2,14,15,16). The molecule has 1 aromatic carbocycles. The van der Waals surface area contributed by atoms with Crippen molar-refractivity contribution in [3.63, 3.8) is 0 Å². The highest BCUT2D eigenvalue weighted by Gasteiger charge is 2.10. The number of nitrogens with one attached hydrogen (secondary N) is 2. The van der Waals surface area contributed by atoms with Crippen molar-refractivity contribution in [2.45, 2.75) is 19.8 Å². The molecule has 2 rings (SSSR count). The molecule has 0 saturated carbocycles. The first-order chi connectivity index (χ1) is 8.11. The monoisotopic (exact) mass is 232 g/mol. The Morgan fingerprint density at radius 1 is 1.18 bits per heavy atom. The van der Waals surface area contributed by atoms with E-state index in [0.29, 0.717) is 5.92 Å². The fourth-order valence-electron chi connectivity index (χ4n) is 1.84. The molecule has 17 heavy (non-hydrogen) atoms. The van der Waals surface area contributed by atoms with Crippen molar-refractivity contribution in [1.29, 1.82) is 0 Å². The van der Waals surface area contributed by atoms with Crippen molar-refractivity contribution in [2.75, 3.05) is 7.11 Å². The summed E-state index contributed by atoms with van der Waals surface area (Å²) in [7, 11) is 1.67. The van der Waals surface area contributed by atoms with E-state index in [-0.39, 0.29) is 5.56 Å². The van der Waals surface area contributed by atoms with Gasteiger partial charge in [0.15, 0.2) is 0 Å². The molecule has 0 aliphatic carbocycles. The summed E-state index contributed by atoms with van der Waals surface area (Å²) in [6, 6.07) is 7.45. The molecule has 0 aliphatic rings. The Kier molecular flexibility index (Phi) is 3.04. The zero-order chi connectivity index (χ0) is 12.4. The van der Waals surface area contributed by atoms with Gasteiger partial charge in [-0.15, -0.1) is 0 Å². The van der Waals surface area contributed by atoms with Gasteiger partial charge in [0.25, 0.3) is 5.56 Å². The van der Waals surface area contributed by atoms with Crippen LogP contribution in [-0.4, -0.2) is 17.3 Å². The second-order valence-corrected chi connectivity index (χ2v) is 4.28. The molecule has 0 spiro atoms. The lowest BCUT2D eigenvalue weighted by Gasteiger charge is -2.12. The predicted octanol–water partition coefficient (Wildman–Crippen LogP) is 2.50. The van der Waals surface area contributed by atoms with Crippen molar-refractivity contribution in [3.8, 4) is 17.0 Å². The first-order valence-electron chi connectivity index (χ1n) is 5.58. The number of H-pyrrole nitrogens is 2. The minimum Gasteiger partial charge on any atom is -0.496 e.